The molecule has 0 bridgehead atoms. The van der Waals surface area contributed by atoms with E-state index < -0.39 is 0 Å². The minimum Gasteiger partial charge on any atom is -0.490 e. The molecule has 0 aliphatic carbocycles. The maximum Gasteiger partial charge on any atom is 0.253 e. The highest BCUT2D eigenvalue weighted by atomic mass is 16.5. The van der Waals surface area contributed by atoms with E-state index in [9.17, 15) is 9.59 Å². The van der Waals surface area contributed by atoms with Gasteiger partial charge in [-0.05, 0) is 51.3 Å². The van der Waals surface area contributed by atoms with Crippen molar-refractivity contribution >= 4 is 11.8 Å². The SMILES string of the molecule is CCCCN(C)C(=O)C1CCN(C(=O)c2ccc(OCC)c(OCC)c2)CC1. The van der Waals surface area contributed by atoms with Crippen LogP contribution in [-0.4, -0.2) is 61.5 Å². The lowest BCUT2D eigenvalue weighted by Gasteiger charge is -2.33. The van der Waals surface area contributed by atoms with Gasteiger partial charge < -0.3 is 19.3 Å². The molecule has 28 heavy (non-hydrogen) atoms. The Morgan fingerprint density at radius 1 is 1.07 bits per heavy atom. The number of likely N-dealkylation sites (tertiary alicyclic amines) is 1. The van der Waals surface area contributed by atoms with Gasteiger partial charge in [-0.2, -0.15) is 0 Å². The van der Waals surface area contributed by atoms with Crippen LogP contribution in [0.1, 0.15) is 56.8 Å². The van der Waals surface area contributed by atoms with Crippen molar-refractivity contribution in [3.05, 3.63) is 23.8 Å². The normalized spacial score (nSPS) is 14.6. The molecule has 1 fully saturated rings. The van der Waals surface area contributed by atoms with Crippen molar-refractivity contribution in [1.29, 1.82) is 0 Å². The monoisotopic (exact) mass is 390 g/mol. The lowest BCUT2D eigenvalue weighted by atomic mass is 9.94. The van der Waals surface area contributed by atoms with Crippen molar-refractivity contribution in [3.8, 4) is 11.5 Å². The largest absolute Gasteiger partial charge is 0.490 e. The number of nitrogens with zero attached hydrogens (tertiary/aromatic N) is 2. The van der Waals surface area contributed by atoms with E-state index in [1.165, 1.54) is 0 Å². The number of carbonyl (C=O) groups is 2. The van der Waals surface area contributed by atoms with E-state index in [1.54, 1.807) is 18.2 Å². The first-order valence-corrected chi connectivity index (χ1v) is 10.5. The lowest BCUT2D eigenvalue weighted by molar-refractivity contribution is -0.135. The Morgan fingerprint density at radius 3 is 2.32 bits per heavy atom. The molecule has 1 aromatic carbocycles. The summed E-state index contributed by atoms with van der Waals surface area (Å²) >= 11 is 0. The third kappa shape index (κ3) is 5.63. The highest BCUT2D eigenvalue weighted by molar-refractivity contribution is 5.95. The summed E-state index contributed by atoms with van der Waals surface area (Å²) in [6, 6.07) is 5.33. The number of ether oxygens (including phenoxy) is 2. The second kappa shape index (κ2) is 10.9. The Labute approximate surface area is 168 Å². The van der Waals surface area contributed by atoms with E-state index in [0.29, 0.717) is 43.4 Å². The summed E-state index contributed by atoms with van der Waals surface area (Å²) < 4.78 is 11.2. The zero-order chi connectivity index (χ0) is 20.5. The molecule has 0 N–H and O–H groups in total. The smallest absolute Gasteiger partial charge is 0.253 e. The molecule has 1 aliphatic heterocycles. The minimum atomic E-state index is -0.0192. The Bertz CT molecular complexity index is 654. The minimum absolute atomic E-state index is 0.0187. The predicted molar refractivity (Wildman–Crippen MR) is 110 cm³/mol. The number of hydrogen-bond donors (Lipinski definition) is 0. The van der Waals surface area contributed by atoms with Crippen LogP contribution in [-0.2, 0) is 4.79 Å². The van der Waals surface area contributed by atoms with E-state index >= 15 is 0 Å². The maximum atomic E-state index is 12.9. The Hall–Kier alpha value is -2.24. The Kier molecular flexibility index (Phi) is 8.61. The van der Waals surface area contributed by atoms with Gasteiger partial charge in [-0.25, -0.2) is 0 Å². The first kappa shape index (κ1) is 22.1. The number of hydrogen-bond acceptors (Lipinski definition) is 4. The van der Waals surface area contributed by atoms with Crippen LogP contribution in [0.4, 0.5) is 0 Å². The molecule has 0 unspecified atom stereocenters. The van der Waals surface area contributed by atoms with E-state index in [-0.39, 0.29) is 17.7 Å². The van der Waals surface area contributed by atoms with Gasteiger partial charge in [0.1, 0.15) is 0 Å². The molecule has 6 heteroatoms. The summed E-state index contributed by atoms with van der Waals surface area (Å²) in [6.07, 6.45) is 3.54. The van der Waals surface area contributed by atoms with Gasteiger partial charge in [-0.1, -0.05) is 13.3 Å². The second-order valence-corrected chi connectivity index (χ2v) is 7.21. The van der Waals surface area contributed by atoms with Gasteiger partial charge in [0.15, 0.2) is 11.5 Å². The molecule has 0 radical (unpaired) electrons. The van der Waals surface area contributed by atoms with Gasteiger partial charge in [0.25, 0.3) is 5.91 Å². The molecule has 1 aromatic rings. The molecule has 1 heterocycles. The van der Waals surface area contributed by atoms with Crippen LogP contribution in [0, 0.1) is 5.92 Å². The molecule has 0 atom stereocenters. The molecular formula is C22H34N2O4. The van der Waals surface area contributed by atoms with Crippen LogP contribution < -0.4 is 9.47 Å². The fraction of sp³-hybridized carbons (Fsp3) is 0.636. The van der Waals surface area contributed by atoms with Crippen molar-refractivity contribution in [3.63, 3.8) is 0 Å². The van der Waals surface area contributed by atoms with Crippen LogP contribution in [0.2, 0.25) is 0 Å². The van der Waals surface area contributed by atoms with Crippen LogP contribution in [0.25, 0.3) is 0 Å². The van der Waals surface area contributed by atoms with Crippen molar-refractivity contribution in [2.24, 2.45) is 5.92 Å². The molecule has 2 rings (SSSR count). The highest BCUT2D eigenvalue weighted by Crippen LogP contribution is 2.30. The molecule has 6 nitrogen and oxygen atoms in total. The van der Waals surface area contributed by atoms with E-state index in [1.807, 2.05) is 30.7 Å². The summed E-state index contributed by atoms with van der Waals surface area (Å²) in [5.41, 5.74) is 0.594. The second-order valence-electron chi connectivity index (χ2n) is 7.21. The number of benzene rings is 1. The fourth-order valence-corrected chi connectivity index (χ4v) is 3.51. The summed E-state index contributed by atoms with van der Waals surface area (Å²) in [5, 5.41) is 0. The number of amides is 2. The Morgan fingerprint density at radius 2 is 1.71 bits per heavy atom. The molecule has 0 spiro atoms. The molecular weight excluding hydrogens is 356 g/mol. The van der Waals surface area contributed by atoms with Gasteiger partial charge in [-0.15, -0.1) is 0 Å². The van der Waals surface area contributed by atoms with Crippen LogP contribution in [0.15, 0.2) is 18.2 Å². The topological polar surface area (TPSA) is 59.1 Å². The maximum absolute atomic E-state index is 12.9. The predicted octanol–water partition coefficient (Wildman–Crippen LogP) is 3.59. The number of carbonyl (C=O) groups excluding carboxylic acids is 2. The summed E-state index contributed by atoms with van der Waals surface area (Å²) in [5.74, 6) is 1.46. The van der Waals surface area contributed by atoms with Gasteiger partial charge in [-0.3, -0.25) is 9.59 Å². The standard InChI is InChI=1S/C22H34N2O4/c1-5-8-13-23(4)21(25)17-11-14-24(15-12-17)22(26)18-9-10-19(27-6-2)20(16-18)28-7-3/h9-10,16-17H,5-8,11-15H2,1-4H3. The van der Waals surface area contributed by atoms with Crippen molar-refractivity contribution in [2.75, 3.05) is 39.9 Å². The third-order valence-electron chi connectivity index (χ3n) is 5.15. The van der Waals surface area contributed by atoms with Crippen LogP contribution in [0.5, 0.6) is 11.5 Å². The summed E-state index contributed by atoms with van der Waals surface area (Å²) in [6.45, 7) is 9.02. The molecule has 1 aliphatic rings. The quantitative estimate of drug-likeness (QED) is 0.646. The molecule has 156 valence electrons. The lowest BCUT2D eigenvalue weighted by Crippen LogP contribution is -2.43. The van der Waals surface area contributed by atoms with Gasteiger partial charge in [0, 0.05) is 38.2 Å². The van der Waals surface area contributed by atoms with Crippen molar-refractivity contribution in [1.82, 2.24) is 9.80 Å². The number of rotatable bonds is 9. The first-order chi connectivity index (χ1) is 13.5. The summed E-state index contributed by atoms with van der Waals surface area (Å²) in [7, 11) is 1.88. The average molecular weight is 391 g/mol. The fourth-order valence-electron chi connectivity index (χ4n) is 3.51. The number of unbranched alkanes of at least 4 members (excludes halogenated alkanes) is 1. The molecule has 2 amide bonds. The zero-order valence-corrected chi connectivity index (χ0v) is 17.7. The highest BCUT2D eigenvalue weighted by Gasteiger charge is 2.29. The number of piperidine rings is 1. The summed E-state index contributed by atoms with van der Waals surface area (Å²) in [4.78, 5) is 29.1. The zero-order valence-electron chi connectivity index (χ0n) is 17.7. The molecule has 1 saturated heterocycles. The third-order valence-corrected chi connectivity index (χ3v) is 5.15. The van der Waals surface area contributed by atoms with Gasteiger partial charge in [0.2, 0.25) is 5.91 Å². The van der Waals surface area contributed by atoms with Gasteiger partial charge in [0.05, 0.1) is 13.2 Å². The molecule has 0 aromatic heterocycles. The van der Waals surface area contributed by atoms with Gasteiger partial charge >= 0.3 is 0 Å². The van der Waals surface area contributed by atoms with Crippen molar-refractivity contribution < 1.29 is 19.1 Å². The Balaban J connectivity index is 1.97. The molecule has 0 saturated carbocycles. The first-order valence-electron chi connectivity index (χ1n) is 10.5. The van der Waals surface area contributed by atoms with E-state index in [4.69, 9.17) is 9.47 Å². The average Bonchev–Trinajstić information content (AvgIpc) is 2.72. The van der Waals surface area contributed by atoms with E-state index in [2.05, 4.69) is 6.92 Å². The van der Waals surface area contributed by atoms with Crippen LogP contribution >= 0.6 is 0 Å². The van der Waals surface area contributed by atoms with Crippen LogP contribution in [0.3, 0.4) is 0 Å². The van der Waals surface area contributed by atoms with Crippen molar-refractivity contribution in [2.45, 2.75) is 46.5 Å². The van der Waals surface area contributed by atoms with E-state index in [0.717, 1.165) is 32.2 Å².